The van der Waals surface area contributed by atoms with Crippen molar-refractivity contribution in [2.24, 2.45) is 15.8 Å². The number of benzene rings is 3. The van der Waals surface area contributed by atoms with Crippen molar-refractivity contribution in [1.29, 1.82) is 0 Å². The van der Waals surface area contributed by atoms with Crippen LogP contribution in [0, 0.1) is 11.6 Å². The first-order chi connectivity index (χ1) is 23.7. The number of rotatable bonds is 11. The number of nitrogens with zero attached hydrogens (tertiary/aromatic N) is 3. The molecule has 0 spiro atoms. The Morgan fingerprint density at radius 3 is 2.42 bits per heavy atom. The molecule has 1 heterocycles. The van der Waals surface area contributed by atoms with Crippen molar-refractivity contribution < 1.29 is 42.2 Å². The van der Waals surface area contributed by atoms with Crippen LogP contribution in [0.3, 0.4) is 0 Å². The molecule has 0 radical (unpaired) electrons. The molecule has 50 heavy (non-hydrogen) atoms. The lowest BCUT2D eigenvalue weighted by atomic mass is 10.0. The molecule has 0 aromatic heterocycles. The van der Waals surface area contributed by atoms with E-state index in [9.17, 15) is 32.8 Å². The number of primary amides is 1. The minimum atomic E-state index is -1.38. The van der Waals surface area contributed by atoms with Gasteiger partial charge in [0.05, 0.1) is 29.5 Å². The van der Waals surface area contributed by atoms with Gasteiger partial charge in [-0.25, -0.2) is 23.8 Å². The van der Waals surface area contributed by atoms with Gasteiger partial charge in [0.1, 0.15) is 30.4 Å². The van der Waals surface area contributed by atoms with Crippen molar-refractivity contribution in [2.45, 2.75) is 44.9 Å². The number of urea groups is 1. The van der Waals surface area contributed by atoms with Gasteiger partial charge >= 0.3 is 18.1 Å². The highest BCUT2D eigenvalue weighted by Gasteiger charge is 2.34. The van der Waals surface area contributed by atoms with Crippen LogP contribution in [0.15, 0.2) is 82.9 Å². The average Bonchev–Trinajstić information content (AvgIpc) is 3.15. The van der Waals surface area contributed by atoms with Gasteiger partial charge in [-0.05, 0) is 39.0 Å². The highest BCUT2D eigenvalue weighted by atomic mass is 19.1. The van der Waals surface area contributed by atoms with Crippen molar-refractivity contribution in [3.8, 4) is 0 Å². The molecule has 0 unspecified atom stereocenters. The van der Waals surface area contributed by atoms with Crippen molar-refractivity contribution >= 4 is 53.2 Å². The zero-order valence-electron chi connectivity index (χ0n) is 27.3. The Balaban J connectivity index is 1.62. The van der Waals surface area contributed by atoms with Gasteiger partial charge in [0.15, 0.2) is 6.04 Å². The van der Waals surface area contributed by atoms with Crippen LogP contribution >= 0.6 is 0 Å². The lowest BCUT2D eigenvalue weighted by Gasteiger charge is -2.26. The van der Waals surface area contributed by atoms with E-state index in [2.05, 4.69) is 20.7 Å². The summed E-state index contributed by atoms with van der Waals surface area (Å²) in [5, 5.41) is 8.42. The van der Waals surface area contributed by atoms with E-state index < -0.39 is 72.4 Å². The monoisotopic (exact) mass is 691 g/mol. The number of nitrogens with two attached hydrogens (primary N) is 1. The van der Waals surface area contributed by atoms with E-state index >= 15 is 0 Å². The largest absolute Gasteiger partial charge is 0.460 e. The van der Waals surface area contributed by atoms with Crippen molar-refractivity contribution in [1.82, 2.24) is 10.7 Å². The second-order valence-corrected chi connectivity index (χ2v) is 11.9. The fourth-order valence-electron chi connectivity index (χ4n) is 4.77. The maximum Gasteiger partial charge on any atom is 0.411 e. The molecule has 3 aromatic rings. The molecule has 5 N–H and O–H groups in total. The van der Waals surface area contributed by atoms with Crippen LogP contribution in [0.5, 0.6) is 0 Å². The normalized spacial score (nSPS) is 14.9. The Labute approximate surface area is 285 Å². The van der Waals surface area contributed by atoms with Crippen LogP contribution in [0.2, 0.25) is 0 Å². The Hall–Kier alpha value is -6.19. The fraction of sp³-hybridized carbons (Fsp3) is 0.265. The van der Waals surface area contributed by atoms with Crippen LogP contribution in [-0.4, -0.2) is 72.7 Å². The quantitative estimate of drug-likeness (QED) is 0.134. The van der Waals surface area contributed by atoms with E-state index in [0.29, 0.717) is 28.6 Å². The summed E-state index contributed by atoms with van der Waals surface area (Å²) in [5.41, 5.74) is 7.66. The van der Waals surface area contributed by atoms with Gasteiger partial charge in [0.2, 0.25) is 5.91 Å². The topological polar surface area (TPSA) is 194 Å². The Kier molecular flexibility index (Phi) is 11.9. The predicted octanol–water partition coefficient (Wildman–Crippen LogP) is 3.64. The molecule has 0 fully saturated rings. The van der Waals surface area contributed by atoms with Crippen molar-refractivity contribution in [3.05, 3.63) is 95.6 Å². The van der Waals surface area contributed by atoms with Crippen molar-refractivity contribution in [3.63, 3.8) is 0 Å². The number of para-hydroxylation sites is 1. The van der Waals surface area contributed by atoms with Gasteiger partial charge in [-0.15, -0.1) is 0 Å². The standard InChI is InChI=1S/C34H35F2N7O7/c1-34(2,3)50-29(45)16-22(17-38-42-32(37)47)39-28(44)18-43-27-12-8-7-11-23(27)30(20-9-5-4-6-10-20)40-26(31(43)46)19-49-33(48)41-25-14-13-21(35)15-24(25)36/h4-15,17,22,26H,16,18-19H2,1-3H3,(H,39,44)(H,41,48)(H3,37,42,47)/b38-17-/t22-,26+/m0/s1. The smallest absolute Gasteiger partial charge is 0.411 e. The van der Waals surface area contributed by atoms with Crippen LogP contribution in [0.1, 0.15) is 38.3 Å². The fourth-order valence-corrected chi connectivity index (χ4v) is 4.77. The lowest BCUT2D eigenvalue weighted by Crippen LogP contribution is -2.49. The first kappa shape index (κ1) is 36.6. The number of carbonyl (C=O) groups is 5. The molecule has 1 aliphatic rings. The SMILES string of the molecule is CC(C)(C)OC(=O)C[C@@H](/C=N\NC(N)=O)NC(=O)CN1C(=O)[C@@H](COC(=O)Nc2ccc(F)cc2F)N=C(c2ccccc2)c2ccccc21. The number of hydrogen-bond donors (Lipinski definition) is 4. The van der Waals surface area contributed by atoms with Gasteiger partial charge in [0.25, 0.3) is 5.91 Å². The third-order valence-electron chi connectivity index (χ3n) is 6.76. The number of hydrazone groups is 1. The van der Waals surface area contributed by atoms with Gasteiger partial charge in [0, 0.05) is 23.4 Å². The summed E-state index contributed by atoms with van der Waals surface area (Å²) in [6, 6.07) is 14.7. The predicted molar refractivity (Wildman–Crippen MR) is 180 cm³/mol. The summed E-state index contributed by atoms with van der Waals surface area (Å²) in [4.78, 5) is 69.8. The number of nitrogens with one attached hydrogen (secondary N) is 3. The number of aliphatic imine (C=N–C) groups is 1. The summed E-state index contributed by atoms with van der Waals surface area (Å²) in [6.07, 6.45) is -0.431. The van der Waals surface area contributed by atoms with Crippen LogP contribution in [0.25, 0.3) is 0 Å². The maximum absolute atomic E-state index is 14.1. The highest BCUT2D eigenvalue weighted by molar-refractivity contribution is 6.20. The zero-order chi connectivity index (χ0) is 36.4. The van der Waals surface area contributed by atoms with Crippen molar-refractivity contribution in [2.75, 3.05) is 23.4 Å². The molecule has 5 amide bonds. The van der Waals surface area contributed by atoms with E-state index in [1.807, 2.05) is 5.43 Å². The first-order valence-electron chi connectivity index (χ1n) is 15.2. The first-order valence-corrected chi connectivity index (χ1v) is 15.2. The van der Waals surface area contributed by atoms with Gasteiger partial charge in [-0.1, -0.05) is 48.5 Å². The Bertz CT molecular complexity index is 1810. The van der Waals surface area contributed by atoms with Crippen LogP contribution in [-0.2, 0) is 23.9 Å². The number of ether oxygens (including phenoxy) is 2. The minimum absolute atomic E-state index is 0.309. The molecule has 1 aliphatic heterocycles. The summed E-state index contributed by atoms with van der Waals surface area (Å²) < 4.78 is 38.1. The second kappa shape index (κ2) is 16.3. The molecule has 2 atom stereocenters. The average molecular weight is 692 g/mol. The van der Waals surface area contributed by atoms with E-state index in [-0.39, 0.29) is 12.1 Å². The number of esters is 1. The molecule has 16 heteroatoms. The Morgan fingerprint density at radius 2 is 1.74 bits per heavy atom. The molecule has 0 bridgehead atoms. The van der Waals surface area contributed by atoms with E-state index in [4.69, 9.17) is 15.2 Å². The van der Waals surface area contributed by atoms with Crippen LogP contribution in [0.4, 0.5) is 29.7 Å². The molecule has 14 nitrogen and oxygen atoms in total. The molecule has 0 saturated carbocycles. The number of anilines is 2. The number of amides is 5. The second-order valence-electron chi connectivity index (χ2n) is 11.9. The summed E-state index contributed by atoms with van der Waals surface area (Å²) in [7, 11) is 0. The lowest BCUT2D eigenvalue weighted by molar-refractivity contribution is -0.155. The number of hydrogen-bond acceptors (Lipinski definition) is 9. The van der Waals surface area contributed by atoms with Gasteiger partial charge in [-0.2, -0.15) is 5.10 Å². The third-order valence-corrected chi connectivity index (χ3v) is 6.76. The molecule has 0 aliphatic carbocycles. The molecule has 3 aromatic carbocycles. The molecular formula is C34H35F2N7O7. The third kappa shape index (κ3) is 10.4. The number of carbonyl (C=O) groups excluding carboxylic acids is 5. The molecule has 0 saturated heterocycles. The van der Waals surface area contributed by atoms with E-state index in [1.54, 1.807) is 75.4 Å². The summed E-state index contributed by atoms with van der Waals surface area (Å²) in [6.45, 7) is 3.79. The van der Waals surface area contributed by atoms with E-state index in [0.717, 1.165) is 23.2 Å². The van der Waals surface area contributed by atoms with Crippen LogP contribution < -0.4 is 26.7 Å². The number of halogens is 2. The maximum atomic E-state index is 14.1. The number of fused-ring (bicyclic) bond motifs is 1. The Morgan fingerprint density at radius 1 is 1.04 bits per heavy atom. The molecule has 4 rings (SSSR count). The van der Waals surface area contributed by atoms with Gasteiger partial charge < -0.3 is 25.4 Å². The summed E-state index contributed by atoms with van der Waals surface area (Å²) in [5.74, 6) is -4.03. The zero-order valence-corrected chi connectivity index (χ0v) is 27.3. The highest BCUT2D eigenvalue weighted by Crippen LogP contribution is 2.29. The van der Waals surface area contributed by atoms with Gasteiger partial charge in [-0.3, -0.25) is 24.7 Å². The summed E-state index contributed by atoms with van der Waals surface area (Å²) >= 11 is 0. The van der Waals surface area contributed by atoms with E-state index in [1.165, 1.54) is 0 Å². The minimum Gasteiger partial charge on any atom is -0.460 e. The molecular weight excluding hydrogens is 656 g/mol. The number of benzodiazepines with no additional fused rings is 1. The molecule has 262 valence electrons.